The van der Waals surface area contributed by atoms with E-state index in [0.29, 0.717) is 30.0 Å². The number of fused-ring (bicyclic) bond motifs is 1. The van der Waals surface area contributed by atoms with Crippen LogP contribution in [0.15, 0.2) is 38.6 Å². The Hall–Kier alpha value is -2.55. The van der Waals surface area contributed by atoms with Crippen molar-refractivity contribution in [3.05, 3.63) is 49.8 Å². The van der Waals surface area contributed by atoms with Crippen LogP contribution in [0.1, 0.15) is 6.42 Å². The number of methoxy groups -OCH3 is 1. The Morgan fingerprint density at radius 1 is 1.08 bits per heavy atom. The van der Waals surface area contributed by atoms with Crippen LogP contribution < -0.4 is 20.7 Å². The third-order valence-corrected chi connectivity index (χ3v) is 4.75. The van der Waals surface area contributed by atoms with E-state index in [1.807, 2.05) is 24.3 Å². The van der Waals surface area contributed by atoms with Gasteiger partial charge in [-0.1, -0.05) is 0 Å². The fourth-order valence-electron chi connectivity index (χ4n) is 2.75. The monoisotopic (exact) mass is 422 g/mol. The van der Waals surface area contributed by atoms with Crippen molar-refractivity contribution in [2.24, 2.45) is 14.1 Å². The summed E-state index contributed by atoms with van der Waals surface area (Å²) < 4.78 is 15.6. The number of rotatable bonds is 6. The van der Waals surface area contributed by atoms with Gasteiger partial charge in [-0.3, -0.25) is 13.9 Å². The van der Waals surface area contributed by atoms with Crippen LogP contribution >= 0.6 is 15.9 Å². The summed E-state index contributed by atoms with van der Waals surface area (Å²) in [5, 5.41) is 0. The van der Waals surface area contributed by atoms with E-state index in [9.17, 15) is 9.59 Å². The molecule has 0 radical (unpaired) electrons. The van der Waals surface area contributed by atoms with Gasteiger partial charge >= 0.3 is 5.69 Å². The fraction of sp³-hybridized carbons (Fsp3) is 0.353. The van der Waals surface area contributed by atoms with Crippen molar-refractivity contribution in [1.82, 2.24) is 18.7 Å². The van der Waals surface area contributed by atoms with Crippen LogP contribution in [0.2, 0.25) is 0 Å². The zero-order chi connectivity index (χ0) is 18.8. The van der Waals surface area contributed by atoms with E-state index in [1.54, 1.807) is 18.7 Å². The van der Waals surface area contributed by atoms with Gasteiger partial charge in [-0.05, 0) is 46.6 Å². The summed E-state index contributed by atoms with van der Waals surface area (Å²) in [6, 6.07) is 7.35. The summed E-state index contributed by atoms with van der Waals surface area (Å²) >= 11 is 3.37. The van der Waals surface area contributed by atoms with Gasteiger partial charge in [0.15, 0.2) is 15.9 Å². The summed E-state index contributed by atoms with van der Waals surface area (Å²) in [5.41, 5.74) is -0.0327. The number of nitrogens with zero attached hydrogens (tertiary/aromatic N) is 4. The highest BCUT2D eigenvalue weighted by molar-refractivity contribution is 9.10. The second-order valence-corrected chi connectivity index (χ2v) is 6.50. The molecule has 0 saturated carbocycles. The molecule has 8 nitrogen and oxygen atoms in total. The third-order valence-electron chi connectivity index (χ3n) is 4.15. The highest BCUT2D eigenvalue weighted by Gasteiger charge is 2.17. The molecule has 3 aromatic rings. The van der Waals surface area contributed by atoms with Crippen molar-refractivity contribution in [3.8, 4) is 11.5 Å². The van der Waals surface area contributed by atoms with Crippen LogP contribution in [0.25, 0.3) is 11.2 Å². The first-order valence-corrected chi connectivity index (χ1v) is 8.82. The summed E-state index contributed by atoms with van der Waals surface area (Å²) in [7, 11) is 4.69. The predicted molar refractivity (Wildman–Crippen MR) is 101 cm³/mol. The van der Waals surface area contributed by atoms with E-state index in [0.717, 1.165) is 16.1 Å². The standard InChI is InChI=1S/C17H19BrN4O4/c1-20-14-13(15(23)21(2)17(20)24)19-16(18)22(14)9-4-10-26-12-7-5-11(25-3)6-8-12/h5-8H,4,9-10H2,1-3H3. The lowest BCUT2D eigenvalue weighted by Gasteiger charge is -2.10. The third kappa shape index (κ3) is 3.26. The predicted octanol–water partition coefficient (Wildman–Crippen LogP) is 1.67. The quantitative estimate of drug-likeness (QED) is 0.445. The van der Waals surface area contributed by atoms with E-state index in [-0.39, 0.29) is 11.2 Å². The molecule has 26 heavy (non-hydrogen) atoms. The number of aromatic nitrogens is 4. The van der Waals surface area contributed by atoms with E-state index in [4.69, 9.17) is 9.47 Å². The van der Waals surface area contributed by atoms with Crippen molar-refractivity contribution in [1.29, 1.82) is 0 Å². The SMILES string of the molecule is COc1ccc(OCCCn2c(Br)nc3c(=O)n(C)c(=O)n(C)c32)cc1. The topological polar surface area (TPSA) is 80.3 Å². The summed E-state index contributed by atoms with van der Waals surface area (Å²) in [5.74, 6) is 1.52. The van der Waals surface area contributed by atoms with Gasteiger partial charge in [-0.15, -0.1) is 0 Å². The Labute approximate surface area is 157 Å². The maximum atomic E-state index is 12.3. The molecule has 2 aromatic heterocycles. The smallest absolute Gasteiger partial charge is 0.332 e. The molecule has 0 amide bonds. The minimum absolute atomic E-state index is 0.262. The van der Waals surface area contributed by atoms with Crippen LogP contribution in [-0.2, 0) is 20.6 Å². The molecule has 1 aromatic carbocycles. The Bertz CT molecular complexity index is 1050. The largest absolute Gasteiger partial charge is 0.497 e. The highest BCUT2D eigenvalue weighted by atomic mass is 79.9. The lowest BCUT2D eigenvalue weighted by Crippen LogP contribution is -2.37. The number of benzene rings is 1. The molecule has 0 bridgehead atoms. The Morgan fingerprint density at radius 3 is 2.38 bits per heavy atom. The van der Waals surface area contributed by atoms with Crippen LogP contribution in [0.4, 0.5) is 0 Å². The molecule has 0 aliphatic rings. The van der Waals surface area contributed by atoms with Crippen molar-refractivity contribution >= 4 is 27.1 Å². The number of aryl methyl sites for hydroxylation is 2. The molecule has 0 N–H and O–H groups in total. The zero-order valence-electron chi connectivity index (χ0n) is 14.7. The molecule has 9 heteroatoms. The fourth-order valence-corrected chi connectivity index (χ4v) is 3.27. The lowest BCUT2D eigenvalue weighted by molar-refractivity contribution is 0.301. The average molecular weight is 423 g/mol. The van der Waals surface area contributed by atoms with Crippen LogP contribution in [0, 0.1) is 0 Å². The van der Waals surface area contributed by atoms with Crippen LogP contribution in [-0.4, -0.2) is 32.4 Å². The van der Waals surface area contributed by atoms with E-state index >= 15 is 0 Å². The molecular formula is C17H19BrN4O4. The van der Waals surface area contributed by atoms with Crippen LogP contribution in [0.3, 0.4) is 0 Å². The molecule has 0 unspecified atom stereocenters. The van der Waals surface area contributed by atoms with Gasteiger partial charge in [0.25, 0.3) is 5.56 Å². The molecular weight excluding hydrogens is 404 g/mol. The Kier molecular flexibility index (Phi) is 5.17. The van der Waals surface area contributed by atoms with Crippen molar-refractivity contribution in [3.63, 3.8) is 0 Å². The van der Waals surface area contributed by atoms with Gasteiger partial charge < -0.3 is 14.0 Å². The number of hydrogen-bond acceptors (Lipinski definition) is 5. The van der Waals surface area contributed by atoms with Crippen LogP contribution in [0.5, 0.6) is 11.5 Å². The van der Waals surface area contributed by atoms with Gasteiger partial charge in [0.2, 0.25) is 0 Å². The van der Waals surface area contributed by atoms with E-state index in [2.05, 4.69) is 20.9 Å². The maximum Gasteiger partial charge on any atom is 0.332 e. The van der Waals surface area contributed by atoms with Crippen molar-refractivity contribution in [2.75, 3.05) is 13.7 Å². The minimum atomic E-state index is -0.406. The summed E-state index contributed by atoms with van der Waals surface area (Å²) in [6.07, 6.45) is 0.680. The number of halogens is 1. The minimum Gasteiger partial charge on any atom is -0.497 e. The first-order chi connectivity index (χ1) is 12.4. The molecule has 2 heterocycles. The maximum absolute atomic E-state index is 12.3. The van der Waals surface area contributed by atoms with E-state index < -0.39 is 5.56 Å². The lowest BCUT2D eigenvalue weighted by atomic mass is 10.3. The van der Waals surface area contributed by atoms with Crippen molar-refractivity contribution < 1.29 is 9.47 Å². The van der Waals surface area contributed by atoms with Gasteiger partial charge in [-0.25, -0.2) is 9.78 Å². The van der Waals surface area contributed by atoms with Gasteiger partial charge in [0.05, 0.1) is 13.7 Å². The molecule has 0 saturated heterocycles. The second-order valence-electron chi connectivity index (χ2n) is 5.79. The Morgan fingerprint density at radius 2 is 1.73 bits per heavy atom. The number of ether oxygens (including phenoxy) is 2. The zero-order valence-corrected chi connectivity index (χ0v) is 16.3. The average Bonchev–Trinajstić information content (AvgIpc) is 2.99. The molecule has 0 aliphatic carbocycles. The Balaban J connectivity index is 1.76. The normalized spacial score (nSPS) is 11.1. The second kappa shape index (κ2) is 7.36. The molecule has 0 atom stereocenters. The number of hydrogen-bond donors (Lipinski definition) is 0. The number of imidazole rings is 1. The molecule has 138 valence electrons. The first kappa shape index (κ1) is 18.2. The first-order valence-electron chi connectivity index (χ1n) is 8.02. The molecule has 3 rings (SSSR count). The van der Waals surface area contributed by atoms with Gasteiger partial charge in [-0.2, -0.15) is 0 Å². The molecule has 0 spiro atoms. The molecule has 0 fully saturated rings. The summed E-state index contributed by atoms with van der Waals surface area (Å²) in [4.78, 5) is 28.7. The van der Waals surface area contributed by atoms with Crippen molar-refractivity contribution in [2.45, 2.75) is 13.0 Å². The summed E-state index contributed by atoms with van der Waals surface area (Å²) in [6.45, 7) is 1.03. The molecule has 0 aliphatic heterocycles. The highest BCUT2D eigenvalue weighted by Crippen LogP contribution is 2.19. The van der Waals surface area contributed by atoms with E-state index in [1.165, 1.54) is 11.6 Å². The van der Waals surface area contributed by atoms with Gasteiger partial charge in [0, 0.05) is 20.6 Å². The van der Waals surface area contributed by atoms with Gasteiger partial charge in [0.1, 0.15) is 11.5 Å².